The lowest BCUT2D eigenvalue weighted by atomic mass is 9.96. The summed E-state index contributed by atoms with van der Waals surface area (Å²) < 4.78 is 5.41. The molecule has 0 radical (unpaired) electrons. The van der Waals surface area contributed by atoms with Crippen molar-refractivity contribution in [1.82, 2.24) is 10.2 Å². The smallest absolute Gasteiger partial charge is 0.220 e. The van der Waals surface area contributed by atoms with Crippen molar-refractivity contribution >= 4 is 5.91 Å². The van der Waals surface area contributed by atoms with Crippen LogP contribution in [0.15, 0.2) is 12.1 Å². The first kappa shape index (κ1) is 18.7. The fourth-order valence-electron chi connectivity index (χ4n) is 3.57. The molecule has 0 bridgehead atoms. The van der Waals surface area contributed by atoms with Crippen molar-refractivity contribution in [3.8, 4) is 5.75 Å². The fraction of sp³-hybridized carbons (Fsp3) is 0.632. The van der Waals surface area contributed by atoms with E-state index in [2.05, 4.69) is 36.2 Å². The van der Waals surface area contributed by atoms with Crippen molar-refractivity contribution in [2.24, 2.45) is 11.7 Å². The van der Waals surface area contributed by atoms with Crippen LogP contribution < -0.4 is 15.8 Å². The van der Waals surface area contributed by atoms with Crippen molar-refractivity contribution in [3.05, 3.63) is 28.8 Å². The normalized spacial score (nSPS) is 16.3. The Morgan fingerprint density at radius 3 is 2.46 bits per heavy atom. The summed E-state index contributed by atoms with van der Waals surface area (Å²) in [5.41, 5.74) is 9.04. The summed E-state index contributed by atoms with van der Waals surface area (Å²) in [5, 5.41) is 3.52. The molecule has 1 fully saturated rings. The van der Waals surface area contributed by atoms with Gasteiger partial charge in [0.1, 0.15) is 5.75 Å². The number of amides is 1. The Morgan fingerprint density at radius 1 is 1.29 bits per heavy atom. The number of benzene rings is 1. The molecular formula is C19H31N3O2. The maximum absolute atomic E-state index is 11.2. The van der Waals surface area contributed by atoms with Gasteiger partial charge in [0, 0.05) is 12.5 Å². The molecule has 5 heteroatoms. The number of hydrogen-bond acceptors (Lipinski definition) is 4. The average molecular weight is 333 g/mol. The Balaban J connectivity index is 1.65. The lowest BCUT2D eigenvalue weighted by Gasteiger charge is -2.30. The molecule has 3 N–H and O–H groups in total. The monoisotopic (exact) mass is 333 g/mol. The Labute approximate surface area is 145 Å². The van der Waals surface area contributed by atoms with Gasteiger partial charge in [-0.3, -0.25) is 4.79 Å². The maximum atomic E-state index is 11.2. The molecule has 134 valence electrons. The summed E-state index contributed by atoms with van der Waals surface area (Å²) in [6.07, 6.45) is 2.94. The van der Waals surface area contributed by atoms with E-state index in [4.69, 9.17) is 10.5 Å². The molecule has 1 aromatic rings. The maximum Gasteiger partial charge on any atom is 0.220 e. The van der Waals surface area contributed by atoms with Gasteiger partial charge >= 0.3 is 0 Å². The first-order chi connectivity index (χ1) is 11.5. The van der Waals surface area contributed by atoms with E-state index in [0.717, 1.165) is 57.7 Å². The zero-order valence-corrected chi connectivity index (χ0v) is 15.2. The van der Waals surface area contributed by atoms with Crippen LogP contribution in [0, 0.1) is 19.8 Å². The molecule has 0 aliphatic carbocycles. The number of nitrogens with two attached hydrogens (primary N) is 1. The van der Waals surface area contributed by atoms with E-state index in [1.54, 1.807) is 7.11 Å². The third-order valence-corrected chi connectivity index (χ3v) is 4.87. The van der Waals surface area contributed by atoms with Crippen LogP contribution in [0.2, 0.25) is 0 Å². The van der Waals surface area contributed by atoms with Crippen LogP contribution in [0.4, 0.5) is 0 Å². The summed E-state index contributed by atoms with van der Waals surface area (Å²) in [6.45, 7) is 9.12. The quantitative estimate of drug-likeness (QED) is 0.714. The van der Waals surface area contributed by atoms with Gasteiger partial charge in [-0.25, -0.2) is 0 Å². The van der Waals surface area contributed by atoms with Gasteiger partial charge in [-0.05, 0) is 76.0 Å². The topological polar surface area (TPSA) is 67.6 Å². The number of hydrogen-bond donors (Lipinski definition) is 2. The molecule has 0 spiro atoms. The molecule has 1 aliphatic rings. The van der Waals surface area contributed by atoms with Crippen molar-refractivity contribution in [2.45, 2.75) is 39.7 Å². The zero-order chi connectivity index (χ0) is 17.5. The summed E-state index contributed by atoms with van der Waals surface area (Å²) in [7, 11) is 1.72. The van der Waals surface area contributed by atoms with E-state index in [1.807, 2.05) is 0 Å². The van der Waals surface area contributed by atoms with Gasteiger partial charge in [0.05, 0.1) is 7.11 Å². The Bertz CT molecular complexity index is 529. The molecule has 0 aromatic heterocycles. The summed E-state index contributed by atoms with van der Waals surface area (Å²) >= 11 is 0. The number of nitrogens with zero attached hydrogens (tertiary/aromatic N) is 1. The van der Waals surface area contributed by atoms with Crippen LogP contribution >= 0.6 is 0 Å². The Kier molecular flexibility index (Phi) is 7.06. The highest BCUT2D eigenvalue weighted by atomic mass is 16.5. The minimum Gasteiger partial charge on any atom is -0.496 e. The van der Waals surface area contributed by atoms with Crippen LogP contribution in [-0.2, 0) is 11.3 Å². The lowest BCUT2D eigenvalue weighted by molar-refractivity contribution is -0.123. The summed E-state index contributed by atoms with van der Waals surface area (Å²) in [6, 6.07) is 4.38. The highest BCUT2D eigenvalue weighted by Crippen LogP contribution is 2.24. The molecule has 0 atom stereocenters. The number of ether oxygens (including phenoxy) is 1. The van der Waals surface area contributed by atoms with E-state index in [0.29, 0.717) is 0 Å². The number of carbonyl (C=O) groups excluding carboxylic acids is 1. The first-order valence-corrected chi connectivity index (χ1v) is 8.87. The molecule has 2 rings (SSSR count). The molecule has 5 nitrogen and oxygen atoms in total. The van der Waals surface area contributed by atoms with Crippen LogP contribution in [0.25, 0.3) is 0 Å². The summed E-state index contributed by atoms with van der Waals surface area (Å²) in [4.78, 5) is 13.6. The van der Waals surface area contributed by atoms with E-state index < -0.39 is 0 Å². The van der Waals surface area contributed by atoms with E-state index in [-0.39, 0.29) is 11.8 Å². The number of primary amides is 1. The number of methoxy groups -OCH3 is 1. The SMILES string of the molecule is COc1c(C)cc(CNCCCN2CCC(C(N)=O)CC2)cc1C. The van der Waals surface area contributed by atoms with Gasteiger partial charge in [0.15, 0.2) is 0 Å². The molecule has 0 saturated carbocycles. The van der Waals surface area contributed by atoms with Gasteiger partial charge < -0.3 is 20.7 Å². The highest BCUT2D eigenvalue weighted by molar-refractivity contribution is 5.76. The minimum absolute atomic E-state index is 0.0842. The van der Waals surface area contributed by atoms with Crippen LogP contribution in [0.1, 0.15) is 36.0 Å². The average Bonchev–Trinajstić information content (AvgIpc) is 2.55. The van der Waals surface area contributed by atoms with Gasteiger partial charge in [0.2, 0.25) is 5.91 Å². The molecule has 1 saturated heterocycles. The van der Waals surface area contributed by atoms with Gasteiger partial charge in [0.25, 0.3) is 0 Å². The molecule has 1 amide bonds. The third-order valence-electron chi connectivity index (χ3n) is 4.87. The van der Waals surface area contributed by atoms with Gasteiger partial charge in [-0.2, -0.15) is 0 Å². The molecule has 24 heavy (non-hydrogen) atoms. The lowest BCUT2D eigenvalue weighted by Crippen LogP contribution is -2.39. The number of rotatable bonds is 8. The molecular weight excluding hydrogens is 302 g/mol. The molecule has 1 aromatic carbocycles. The predicted octanol–water partition coefficient (Wildman–Crippen LogP) is 1.99. The fourth-order valence-corrected chi connectivity index (χ4v) is 3.57. The summed E-state index contributed by atoms with van der Waals surface area (Å²) in [5.74, 6) is 0.931. The number of likely N-dealkylation sites (tertiary alicyclic amines) is 1. The largest absolute Gasteiger partial charge is 0.496 e. The number of aryl methyl sites for hydroxylation is 2. The predicted molar refractivity (Wildman–Crippen MR) is 97.2 cm³/mol. The van der Waals surface area contributed by atoms with Crippen molar-refractivity contribution in [3.63, 3.8) is 0 Å². The highest BCUT2D eigenvalue weighted by Gasteiger charge is 2.22. The van der Waals surface area contributed by atoms with E-state index in [9.17, 15) is 4.79 Å². The Morgan fingerprint density at radius 2 is 1.92 bits per heavy atom. The first-order valence-electron chi connectivity index (χ1n) is 8.87. The van der Waals surface area contributed by atoms with Crippen LogP contribution in [-0.4, -0.2) is 44.1 Å². The standard InChI is InChI=1S/C19H31N3O2/c1-14-11-16(12-15(2)18(14)24-3)13-21-7-4-8-22-9-5-17(6-10-22)19(20)23/h11-12,17,21H,4-10,13H2,1-3H3,(H2,20,23). The second-order valence-corrected chi connectivity index (χ2v) is 6.81. The van der Waals surface area contributed by atoms with Gasteiger partial charge in [-0.1, -0.05) is 12.1 Å². The number of piperidine rings is 1. The number of nitrogens with one attached hydrogen (secondary N) is 1. The van der Waals surface area contributed by atoms with Crippen molar-refractivity contribution in [1.29, 1.82) is 0 Å². The molecule has 1 aliphatic heterocycles. The van der Waals surface area contributed by atoms with Crippen LogP contribution in [0.5, 0.6) is 5.75 Å². The van der Waals surface area contributed by atoms with Crippen molar-refractivity contribution in [2.75, 3.05) is 33.3 Å². The zero-order valence-electron chi connectivity index (χ0n) is 15.2. The van der Waals surface area contributed by atoms with Gasteiger partial charge in [-0.15, -0.1) is 0 Å². The van der Waals surface area contributed by atoms with Crippen LogP contribution in [0.3, 0.4) is 0 Å². The van der Waals surface area contributed by atoms with E-state index in [1.165, 1.54) is 16.7 Å². The molecule has 1 heterocycles. The molecule has 0 unspecified atom stereocenters. The second-order valence-electron chi connectivity index (χ2n) is 6.81. The Hall–Kier alpha value is -1.59. The number of carbonyl (C=O) groups is 1. The van der Waals surface area contributed by atoms with Crippen molar-refractivity contribution < 1.29 is 9.53 Å². The third kappa shape index (κ3) is 5.21. The minimum atomic E-state index is -0.138. The van der Waals surface area contributed by atoms with E-state index >= 15 is 0 Å². The second kappa shape index (κ2) is 9.04.